The Hall–Kier alpha value is -4.36. The van der Waals surface area contributed by atoms with Crippen LogP contribution < -0.4 is 26.0 Å². The Labute approximate surface area is 245 Å². The van der Waals surface area contributed by atoms with Crippen molar-refractivity contribution in [1.82, 2.24) is 21.3 Å². The molecule has 1 rings (SSSR count). The predicted molar refractivity (Wildman–Crippen MR) is 150 cm³/mol. The van der Waals surface area contributed by atoms with Crippen LogP contribution in [0.25, 0.3) is 0 Å². The summed E-state index contributed by atoms with van der Waals surface area (Å²) in [6.45, 7) is 12.5. The molecular formula is C28H42N4O10. The molecule has 14 heteroatoms. The standard InChI is InChI=1S/C28H42N4O10/c1-16(22(34)29-15-21(33)30-17(2)24(36)39-9)31-23(35)20(32-25(37)41-27(3,4)5)14-18-10-12-19(13-11-18)40-26(38)42-28(6,7)8/h10-13,16-17,20H,14-15H2,1-9H3,(H,29,34)(H,30,33)(H,31,35)(H,32,37)/t16-,17+,20-/m0/s1. The van der Waals surface area contributed by atoms with E-state index in [0.717, 1.165) is 0 Å². The summed E-state index contributed by atoms with van der Waals surface area (Å²) >= 11 is 0. The normalized spacial score (nSPS) is 13.4. The van der Waals surface area contributed by atoms with Crippen molar-refractivity contribution >= 4 is 35.9 Å². The number of amides is 4. The lowest BCUT2D eigenvalue weighted by atomic mass is 10.0. The SMILES string of the molecule is COC(=O)[C@@H](C)NC(=O)CNC(=O)[C@H](C)NC(=O)[C@H](Cc1ccc(OC(=O)OC(C)(C)C)cc1)NC(=O)OC(C)(C)C. The van der Waals surface area contributed by atoms with Crippen molar-refractivity contribution in [2.45, 2.75) is 91.1 Å². The molecule has 234 valence electrons. The highest BCUT2D eigenvalue weighted by Gasteiger charge is 2.28. The Morgan fingerprint density at radius 1 is 0.762 bits per heavy atom. The number of esters is 1. The minimum atomic E-state index is -1.16. The molecular weight excluding hydrogens is 552 g/mol. The Kier molecular flexibility index (Phi) is 13.2. The maximum atomic E-state index is 13.1. The monoisotopic (exact) mass is 594 g/mol. The highest BCUT2D eigenvalue weighted by atomic mass is 16.7. The molecule has 0 aliphatic rings. The summed E-state index contributed by atoms with van der Waals surface area (Å²) in [5, 5.41) is 9.74. The second-order valence-electron chi connectivity index (χ2n) is 11.4. The summed E-state index contributed by atoms with van der Waals surface area (Å²) < 4.78 is 20.1. The molecule has 0 bridgehead atoms. The zero-order valence-corrected chi connectivity index (χ0v) is 25.5. The maximum Gasteiger partial charge on any atom is 0.514 e. The molecule has 0 saturated heterocycles. The fourth-order valence-corrected chi connectivity index (χ4v) is 3.18. The van der Waals surface area contributed by atoms with Crippen LogP contribution in [0.5, 0.6) is 5.75 Å². The summed E-state index contributed by atoms with van der Waals surface area (Å²) in [7, 11) is 1.18. The minimum Gasteiger partial charge on any atom is -0.467 e. The molecule has 0 aliphatic carbocycles. The minimum absolute atomic E-state index is 0.0000443. The van der Waals surface area contributed by atoms with Crippen LogP contribution in [-0.4, -0.2) is 78.9 Å². The van der Waals surface area contributed by atoms with Crippen LogP contribution in [0.3, 0.4) is 0 Å². The predicted octanol–water partition coefficient (Wildman–Crippen LogP) is 1.73. The molecule has 0 spiro atoms. The number of carbonyl (C=O) groups excluding carboxylic acids is 6. The fraction of sp³-hybridized carbons (Fsp3) is 0.571. The molecule has 4 N–H and O–H groups in total. The lowest BCUT2D eigenvalue weighted by Crippen LogP contribution is -2.54. The Bertz CT molecular complexity index is 1120. The van der Waals surface area contributed by atoms with Gasteiger partial charge in [0.25, 0.3) is 0 Å². The third-order valence-corrected chi connectivity index (χ3v) is 5.07. The molecule has 0 aromatic heterocycles. The molecule has 14 nitrogen and oxygen atoms in total. The lowest BCUT2D eigenvalue weighted by Gasteiger charge is -2.24. The summed E-state index contributed by atoms with van der Waals surface area (Å²) in [6, 6.07) is 3.05. The molecule has 4 amide bonds. The average molecular weight is 595 g/mol. The van der Waals surface area contributed by atoms with Crippen LogP contribution in [-0.2, 0) is 39.8 Å². The van der Waals surface area contributed by atoms with Crippen molar-refractivity contribution in [3.8, 4) is 5.75 Å². The number of carbonyl (C=O) groups is 6. The fourth-order valence-electron chi connectivity index (χ4n) is 3.18. The number of hydrogen-bond donors (Lipinski definition) is 4. The molecule has 42 heavy (non-hydrogen) atoms. The van der Waals surface area contributed by atoms with Gasteiger partial charge in [-0.1, -0.05) is 12.1 Å². The topological polar surface area (TPSA) is 187 Å². The molecule has 0 unspecified atom stereocenters. The van der Waals surface area contributed by atoms with Crippen molar-refractivity contribution in [3.05, 3.63) is 29.8 Å². The van der Waals surface area contributed by atoms with Crippen molar-refractivity contribution < 1.29 is 47.7 Å². The van der Waals surface area contributed by atoms with Crippen molar-refractivity contribution in [2.75, 3.05) is 13.7 Å². The molecule has 1 aromatic carbocycles. The van der Waals surface area contributed by atoms with Gasteiger partial charge in [0, 0.05) is 6.42 Å². The summed E-state index contributed by atoms with van der Waals surface area (Å²) in [5.41, 5.74) is -0.962. The van der Waals surface area contributed by atoms with E-state index in [0.29, 0.717) is 5.56 Å². The first kappa shape index (κ1) is 35.7. The smallest absolute Gasteiger partial charge is 0.467 e. The maximum absolute atomic E-state index is 13.1. The Morgan fingerprint density at radius 2 is 1.33 bits per heavy atom. The first-order chi connectivity index (χ1) is 19.3. The Morgan fingerprint density at radius 3 is 1.86 bits per heavy atom. The summed E-state index contributed by atoms with van der Waals surface area (Å²) in [5.74, 6) is -2.44. The van der Waals surface area contributed by atoms with Gasteiger partial charge in [-0.2, -0.15) is 0 Å². The van der Waals surface area contributed by atoms with E-state index in [2.05, 4.69) is 26.0 Å². The van der Waals surface area contributed by atoms with Gasteiger partial charge in [0.1, 0.15) is 35.1 Å². The third-order valence-electron chi connectivity index (χ3n) is 5.07. The second-order valence-corrected chi connectivity index (χ2v) is 11.4. The van der Waals surface area contributed by atoms with E-state index in [1.54, 1.807) is 53.7 Å². The molecule has 0 fully saturated rings. The van der Waals surface area contributed by atoms with E-state index in [4.69, 9.17) is 14.2 Å². The van der Waals surface area contributed by atoms with E-state index in [1.807, 2.05) is 0 Å². The molecule has 0 aliphatic heterocycles. The van der Waals surface area contributed by atoms with Crippen LogP contribution in [0.4, 0.5) is 9.59 Å². The number of methoxy groups -OCH3 is 1. The molecule has 0 radical (unpaired) electrons. The molecule has 0 heterocycles. The van der Waals surface area contributed by atoms with Gasteiger partial charge in [0.2, 0.25) is 17.7 Å². The average Bonchev–Trinajstić information content (AvgIpc) is 2.84. The van der Waals surface area contributed by atoms with E-state index >= 15 is 0 Å². The van der Waals surface area contributed by atoms with Gasteiger partial charge in [-0.3, -0.25) is 14.4 Å². The zero-order valence-electron chi connectivity index (χ0n) is 25.5. The van der Waals surface area contributed by atoms with Crippen molar-refractivity contribution in [3.63, 3.8) is 0 Å². The number of ether oxygens (including phenoxy) is 4. The van der Waals surface area contributed by atoms with Gasteiger partial charge < -0.3 is 40.2 Å². The number of hydrogen-bond acceptors (Lipinski definition) is 10. The number of alkyl carbamates (subject to hydrolysis) is 1. The highest BCUT2D eigenvalue weighted by molar-refractivity contribution is 5.93. The molecule has 3 atom stereocenters. The van der Waals surface area contributed by atoms with E-state index < -0.39 is 71.8 Å². The quantitative estimate of drug-likeness (QED) is 0.167. The van der Waals surface area contributed by atoms with Crippen LogP contribution >= 0.6 is 0 Å². The van der Waals surface area contributed by atoms with Gasteiger partial charge in [-0.05, 0) is 73.1 Å². The second kappa shape index (κ2) is 15.6. The van der Waals surface area contributed by atoms with Gasteiger partial charge in [-0.15, -0.1) is 0 Å². The van der Waals surface area contributed by atoms with Crippen LogP contribution in [0, 0.1) is 0 Å². The third kappa shape index (κ3) is 14.3. The summed E-state index contributed by atoms with van der Waals surface area (Å²) in [4.78, 5) is 73.4. The first-order valence-electron chi connectivity index (χ1n) is 13.2. The zero-order chi connectivity index (χ0) is 32.3. The number of rotatable bonds is 11. The van der Waals surface area contributed by atoms with Crippen LogP contribution in [0.15, 0.2) is 24.3 Å². The van der Waals surface area contributed by atoms with Crippen molar-refractivity contribution in [2.24, 2.45) is 0 Å². The summed E-state index contributed by atoms with van der Waals surface area (Å²) in [6.07, 6.45) is -1.72. The van der Waals surface area contributed by atoms with E-state index in [1.165, 1.54) is 33.1 Å². The van der Waals surface area contributed by atoms with Crippen LogP contribution in [0.2, 0.25) is 0 Å². The van der Waals surface area contributed by atoms with Gasteiger partial charge in [0.05, 0.1) is 13.7 Å². The van der Waals surface area contributed by atoms with Gasteiger partial charge >= 0.3 is 18.2 Å². The van der Waals surface area contributed by atoms with Crippen molar-refractivity contribution in [1.29, 1.82) is 0 Å². The number of nitrogens with one attached hydrogen (secondary N) is 4. The van der Waals surface area contributed by atoms with E-state index in [9.17, 15) is 28.8 Å². The number of benzene rings is 1. The van der Waals surface area contributed by atoms with Gasteiger partial charge in [-0.25, -0.2) is 14.4 Å². The van der Waals surface area contributed by atoms with E-state index in [-0.39, 0.29) is 12.2 Å². The highest BCUT2D eigenvalue weighted by Crippen LogP contribution is 2.17. The Balaban J connectivity index is 2.88. The first-order valence-corrected chi connectivity index (χ1v) is 13.2. The van der Waals surface area contributed by atoms with Gasteiger partial charge in [0.15, 0.2) is 0 Å². The lowest BCUT2D eigenvalue weighted by molar-refractivity contribution is -0.144. The molecule has 0 saturated carbocycles. The largest absolute Gasteiger partial charge is 0.514 e. The van der Waals surface area contributed by atoms with Crippen LogP contribution in [0.1, 0.15) is 61.0 Å². The molecule has 1 aromatic rings.